The average Bonchev–Trinajstić information content (AvgIpc) is 2.83. The molecule has 2 rings (SSSR count). The van der Waals surface area contributed by atoms with Crippen LogP contribution in [0.15, 0.2) is 28.9 Å². The minimum absolute atomic E-state index is 0.250. The van der Waals surface area contributed by atoms with Gasteiger partial charge in [-0.15, -0.1) is 0 Å². The van der Waals surface area contributed by atoms with E-state index in [9.17, 15) is 0 Å². The highest BCUT2D eigenvalue weighted by molar-refractivity contribution is 5.38. The zero-order valence-electron chi connectivity index (χ0n) is 13.9. The first-order valence-electron chi connectivity index (χ1n) is 7.87. The van der Waals surface area contributed by atoms with Crippen LogP contribution in [0, 0.1) is 27.7 Å². The molecular formula is C19H27NO. The van der Waals surface area contributed by atoms with Gasteiger partial charge in [0.05, 0.1) is 12.3 Å². The van der Waals surface area contributed by atoms with Crippen molar-refractivity contribution in [1.82, 2.24) is 5.32 Å². The van der Waals surface area contributed by atoms with E-state index in [1.165, 1.54) is 27.8 Å². The van der Waals surface area contributed by atoms with Crippen molar-refractivity contribution in [2.45, 2.75) is 53.5 Å². The maximum atomic E-state index is 5.74. The SMILES string of the molecule is CCCNC(Cc1c(C)cc(C)cc1C)c1occc1C. The molecule has 1 N–H and O–H groups in total. The van der Waals surface area contributed by atoms with Gasteiger partial charge in [0.1, 0.15) is 5.76 Å². The second kappa shape index (κ2) is 6.95. The summed E-state index contributed by atoms with van der Waals surface area (Å²) in [7, 11) is 0. The Morgan fingerprint density at radius 3 is 2.24 bits per heavy atom. The molecule has 114 valence electrons. The fourth-order valence-corrected chi connectivity index (χ4v) is 3.05. The lowest BCUT2D eigenvalue weighted by Gasteiger charge is -2.20. The van der Waals surface area contributed by atoms with Gasteiger partial charge in [-0.25, -0.2) is 0 Å². The molecule has 21 heavy (non-hydrogen) atoms. The Labute approximate surface area is 128 Å². The molecule has 0 saturated heterocycles. The molecule has 0 spiro atoms. The van der Waals surface area contributed by atoms with Crippen LogP contribution in [0.5, 0.6) is 0 Å². The van der Waals surface area contributed by atoms with Gasteiger partial charge in [-0.3, -0.25) is 0 Å². The van der Waals surface area contributed by atoms with E-state index in [-0.39, 0.29) is 6.04 Å². The van der Waals surface area contributed by atoms with Gasteiger partial charge in [-0.1, -0.05) is 24.6 Å². The number of furan rings is 1. The van der Waals surface area contributed by atoms with Crippen LogP contribution < -0.4 is 5.32 Å². The zero-order chi connectivity index (χ0) is 15.4. The highest BCUT2D eigenvalue weighted by Crippen LogP contribution is 2.26. The van der Waals surface area contributed by atoms with E-state index in [1.54, 1.807) is 6.26 Å². The molecule has 0 aliphatic heterocycles. The summed E-state index contributed by atoms with van der Waals surface area (Å²) in [5, 5.41) is 3.64. The van der Waals surface area contributed by atoms with Crippen LogP contribution in [0.1, 0.15) is 53.0 Å². The summed E-state index contributed by atoms with van der Waals surface area (Å²) in [6, 6.07) is 6.84. The molecule has 2 nitrogen and oxygen atoms in total. The monoisotopic (exact) mass is 285 g/mol. The van der Waals surface area contributed by atoms with Gasteiger partial charge in [0.15, 0.2) is 0 Å². The van der Waals surface area contributed by atoms with Crippen molar-refractivity contribution in [3.05, 3.63) is 58.0 Å². The number of aryl methyl sites for hydroxylation is 4. The van der Waals surface area contributed by atoms with Crippen molar-refractivity contribution >= 4 is 0 Å². The number of nitrogens with one attached hydrogen (secondary N) is 1. The van der Waals surface area contributed by atoms with Crippen LogP contribution >= 0.6 is 0 Å². The zero-order valence-corrected chi connectivity index (χ0v) is 13.9. The molecule has 0 aliphatic rings. The number of hydrogen-bond donors (Lipinski definition) is 1. The minimum Gasteiger partial charge on any atom is -0.467 e. The summed E-state index contributed by atoms with van der Waals surface area (Å²) in [5.74, 6) is 1.07. The van der Waals surface area contributed by atoms with Crippen molar-refractivity contribution in [2.24, 2.45) is 0 Å². The van der Waals surface area contributed by atoms with Gasteiger partial charge in [0.2, 0.25) is 0 Å². The average molecular weight is 285 g/mol. The molecule has 0 fully saturated rings. The number of rotatable bonds is 6. The maximum Gasteiger partial charge on any atom is 0.123 e. The normalized spacial score (nSPS) is 12.6. The molecule has 1 unspecified atom stereocenters. The van der Waals surface area contributed by atoms with E-state index in [0.29, 0.717) is 0 Å². The fraction of sp³-hybridized carbons (Fsp3) is 0.474. The fourth-order valence-electron chi connectivity index (χ4n) is 3.05. The molecule has 0 amide bonds. The van der Waals surface area contributed by atoms with Crippen molar-refractivity contribution in [3.63, 3.8) is 0 Å². The molecule has 1 aromatic heterocycles. The van der Waals surface area contributed by atoms with Crippen LogP contribution in [0.25, 0.3) is 0 Å². The predicted octanol–water partition coefficient (Wildman–Crippen LogP) is 4.80. The van der Waals surface area contributed by atoms with Crippen LogP contribution in [0.4, 0.5) is 0 Å². The molecule has 2 aromatic rings. The lowest BCUT2D eigenvalue weighted by Crippen LogP contribution is -2.25. The molecule has 2 heteroatoms. The van der Waals surface area contributed by atoms with E-state index in [0.717, 1.165) is 25.1 Å². The van der Waals surface area contributed by atoms with Crippen molar-refractivity contribution in [1.29, 1.82) is 0 Å². The van der Waals surface area contributed by atoms with E-state index >= 15 is 0 Å². The first-order chi connectivity index (χ1) is 10.0. The third kappa shape index (κ3) is 3.76. The van der Waals surface area contributed by atoms with Gasteiger partial charge in [-0.05, 0) is 75.4 Å². The standard InChI is InChI=1S/C19H27NO/c1-6-8-20-18(19-14(3)7-9-21-19)12-17-15(4)10-13(2)11-16(17)5/h7,9-11,18,20H,6,8,12H2,1-5H3. The van der Waals surface area contributed by atoms with Gasteiger partial charge >= 0.3 is 0 Å². The first-order valence-corrected chi connectivity index (χ1v) is 7.87. The Hall–Kier alpha value is -1.54. The summed E-state index contributed by atoms with van der Waals surface area (Å²) in [6.07, 6.45) is 3.90. The summed E-state index contributed by atoms with van der Waals surface area (Å²) in [5.41, 5.74) is 6.75. The quantitative estimate of drug-likeness (QED) is 0.825. The molecule has 0 radical (unpaired) electrons. The number of hydrogen-bond acceptors (Lipinski definition) is 2. The third-order valence-electron chi connectivity index (χ3n) is 4.11. The molecule has 0 aliphatic carbocycles. The van der Waals surface area contributed by atoms with E-state index in [1.807, 2.05) is 6.07 Å². The summed E-state index contributed by atoms with van der Waals surface area (Å²) < 4.78 is 5.74. The van der Waals surface area contributed by atoms with Crippen molar-refractivity contribution in [3.8, 4) is 0 Å². The lowest BCUT2D eigenvalue weighted by molar-refractivity contribution is 0.407. The van der Waals surface area contributed by atoms with Gasteiger partial charge in [0.25, 0.3) is 0 Å². The second-order valence-corrected chi connectivity index (χ2v) is 6.06. The predicted molar refractivity (Wildman–Crippen MR) is 88.8 cm³/mol. The van der Waals surface area contributed by atoms with E-state index in [2.05, 4.69) is 52.1 Å². The molecule has 0 saturated carbocycles. The Balaban J connectivity index is 2.29. The van der Waals surface area contributed by atoms with E-state index in [4.69, 9.17) is 4.42 Å². The molecule has 1 atom stereocenters. The maximum absolute atomic E-state index is 5.74. The Bertz CT molecular complexity index is 574. The van der Waals surface area contributed by atoms with Crippen molar-refractivity contribution < 1.29 is 4.42 Å². The summed E-state index contributed by atoms with van der Waals surface area (Å²) in [4.78, 5) is 0. The highest BCUT2D eigenvalue weighted by Gasteiger charge is 2.19. The molecule has 1 heterocycles. The molecule has 0 bridgehead atoms. The third-order valence-corrected chi connectivity index (χ3v) is 4.11. The van der Waals surface area contributed by atoms with Crippen molar-refractivity contribution in [2.75, 3.05) is 6.54 Å². The van der Waals surface area contributed by atoms with Crippen LogP contribution in [-0.4, -0.2) is 6.54 Å². The van der Waals surface area contributed by atoms with Crippen LogP contribution in [-0.2, 0) is 6.42 Å². The van der Waals surface area contributed by atoms with Crippen LogP contribution in [0.2, 0.25) is 0 Å². The Morgan fingerprint density at radius 1 is 1.05 bits per heavy atom. The van der Waals surface area contributed by atoms with Crippen LogP contribution in [0.3, 0.4) is 0 Å². The topological polar surface area (TPSA) is 25.2 Å². The highest BCUT2D eigenvalue weighted by atomic mass is 16.3. The summed E-state index contributed by atoms with van der Waals surface area (Å²) >= 11 is 0. The number of benzene rings is 1. The Kier molecular flexibility index (Phi) is 5.24. The molecule has 1 aromatic carbocycles. The largest absolute Gasteiger partial charge is 0.467 e. The van der Waals surface area contributed by atoms with E-state index < -0.39 is 0 Å². The van der Waals surface area contributed by atoms with Gasteiger partial charge < -0.3 is 9.73 Å². The summed E-state index contributed by atoms with van der Waals surface area (Å²) in [6.45, 7) is 11.9. The first kappa shape index (κ1) is 15.8. The van der Waals surface area contributed by atoms with Gasteiger partial charge in [-0.2, -0.15) is 0 Å². The molecular weight excluding hydrogens is 258 g/mol. The minimum atomic E-state index is 0.250. The second-order valence-electron chi connectivity index (χ2n) is 6.06. The van der Waals surface area contributed by atoms with Gasteiger partial charge in [0, 0.05) is 0 Å². The smallest absolute Gasteiger partial charge is 0.123 e. The lowest BCUT2D eigenvalue weighted by atomic mass is 9.93. The Morgan fingerprint density at radius 2 is 1.71 bits per heavy atom.